The zero-order chi connectivity index (χ0) is 21.8. The molecule has 9 heteroatoms. The third-order valence-electron chi connectivity index (χ3n) is 6.02. The van der Waals surface area contributed by atoms with Crippen molar-refractivity contribution in [1.29, 1.82) is 0 Å². The van der Waals surface area contributed by atoms with E-state index in [1.807, 2.05) is 0 Å². The molecule has 0 aliphatic carbocycles. The summed E-state index contributed by atoms with van der Waals surface area (Å²) in [5.74, 6) is -0.928. The molecule has 0 radical (unpaired) electrons. The number of rotatable bonds is 13. The highest BCUT2D eigenvalue weighted by molar-refractivity contribution is 5.78. The topological polar surface area (TPSA) is 105 Å². The van der Waals surface area contributed by atoms with Gasteiger partial charge in [0.2, 0.25) is 11.8 Å². The maximum absolute atomic E-state index is 12.3. The number of carboxylic acids is 1. The second-order valence-corrected chi connectivity index (χ2v) is 8.30. The number of likely N-dealkylation sites (N-methyl/N-ethyl adjacent to an activating group) is 1. The van der Waals surface area contributed by atoms with Crippen LogP contribution in [0, 0.1) is 0 Å². The van der Waals surface area contributed by atoms with Gasteiger partial charge in [0.05, 0.1) is 6.54 Å². The van der Waals surface area contributed by atoms with Crippen molar-refractivity contribution in [1.82, 2.24) is 25.3 Å². The smallest absolute Gasteiger partial charge is 0.303 e. The van der Waals surface area contributed by atoms with Gasteiger partial charge >= 0.3 is 5.97 Å². The fraction of sp³-hybridized carbons (Fsp3) is 0.857. The molecule has 3 N–H and O–H groups in total. The summed E-state index contributed by atoms with van der Waals surface area (Å²) in [6, 6.07) is 0.459. The van der Waals surface area contributed by atoms with Gasteiger partial charge < -0.3 is 20.6 Å². The number of piperazine rings is 1. The Hall–Kier alpha value is -1.71. The molecule has 172 valence electrons. The number of amides is 2. The maximum Gasteiger partial charge on any atom is 0.303 e. The molecule has 2 heterocycles. The Morgan fingerprint density at radius 2 is 1.53 bits per heavy atom. The van der Waals surface area contributed by atoms with Crippen LogP contribution < -0.4 is 10.6 Å². The molecule has 2 saturated heterocycles. The second kappa shape index (κ2) is 13.6. The van der Waals surface area contributed by atoms with E-state index in [0.29, 0.717) is 44.9 Å². The van der Waals surface area contributed by atoms with Gasteiger partial charge in [-0.25, -0.2) is 0 Å². The quantitative estimate of drug-likeness (QED) is 0.356. The fourth-order valence-electron chi connectivity index (χ4n) is 4.17. The number of carbonyl (C=O) groups excluding carboxylic acids is 2. The molecule has 1 unspecified atom stereocenters. The minimum atomic E-state index is -0.855. The monoisotopic (exact) mass is 425 g/mol. The molecule has 2 rings (SSSR count). The van der Waals surface area contributed by atoms with Crippen LogP contribution >= 0.6 is 0 Å². The van der Waals surface area contributed by atoms with E-state index in [4.69, 9.17) is 5.11 Å². The molecule has 2 fully saturated rings. The average molecular weight is 426 g/mol. The number of hydrogen-bond donors (Lipinski definition) is 3. The normalized spacial score (nSPS) is 20.9. The SMILES string of the molecule is CCN1CCN(CC2CCCN2CC(=O)NCCCC(=O)NCCCC(=O)O)CC1. The van der Waals surface area contributed by atoms with Crippen molar-refractivity contribution in [3.8, 4) is 0 Å². The summed E-state index contributed by atoms with van der Waals surface area (Å²) in [4.78, 5) is 41.7. The van der Waals surface area contributed by atoms with E-state index in [-0.39, 0.29) is 18.2 Å². The number of carboxylic acid groups (broad SMARTS) is 1. The summed E-state index contributed by atoms with van der Waals surface area (Å²) in [7, 11) is 0. The van der Waals surface area contributed by atoms with Crippen molar-refractivity contribution in [2.24, 2.45) is 0 Å². The van der Waals surface area contributed by atoms with E-state index in [2.05, 4.69) is 32.3 Å². The molecular weight excluding hydrogens is 386 g/mol. The molecule has 0 aromatic heterocycles. The Labute approximate surface area is 180 Å². The lowest BCUT2D eigenvalue weighted by Gasteiger charge is -2.37. The Kier molecular flexibility index (Phi) is 11.1. The maximum atomic E-state index is 12.3. The van der Waals surface area contributed by atoms with E-state index in [1.165, 1.54) is 0 Å². The van der Waals surface area contributed by atoms with Crippen LogP contribution in [-0.2, 0) is 14.4 Å². The number of hydrogen-bond acceptors (Lipinski definition) is 6. The minimum Gasteiger partial charge on any atom is -0.481 e. The van der Waals surface area contributed by atoms with Crippen molar-refractivity contribution in [3.63, 3.8) is 0 Å². The number of likely N-dealkylation sites (tertiary alicyclic amines) is 1. The zero-order valence-corrected chi connectivity index (χ0v) is 18.4. The summed E-state index contributed by atoms with van der Waals surface area (Å²) in [5.41, 5.74) is 0. The predicted molar refractivity (Wildman–Crippen MR) is 115 cm³/mol. The third kappa shape index (κ3) is 9.40. The largest absolute Gasteiger partial charge is 0.481 e. The molecule has 2 aliphatic heterocycles. The van der Waals surface area contributed by atoms with Crippen LogP contribution in [0.25, 0.3) is 0 Å². The van der Waals surface area contributed by atoms with E-state index in [9.17, 15) is 14.4 Å². The lowest BCUT2D eigenvalue weighted by molar-refractivity contribution is -0.137. The van der Waals surface area contributed by atoms with Crippen molar-refractivity contribution >= 4 is 17.8 Å². The van der Waals surface area contributed by atoms with Gasteiger partial charge in [0.25, 0.3) is 0 Å². The van der Waals surface area contributed by atoms with E-state index < -0.39 is 5.97 Å². The lowest BCUT2D eigenvalue weighted by Crippen LogP contribution is -2.51. The number of aliphatic carboxylic acids is 1. The standard InChI is InChI=1S/C21H39N5O4/c1-2-24-12-14-25(15-13-24)16-18-6-5-11-26(18)17-20(28)23-9-3-7-19(27)22-10-4-8-21(29)30/h18H,2-17H2,1H3,(H,22,27)(H,23,28)(H,29,30). The first-order valence-corrected chi connectivity index (χ1v) is 11.4. The second-order valence-electron chi connectivity index (χ2n) is 8.30. The molecule has 0 aromatic rings. The molecule has 0 saturated carbocycles. The van der Waals surface area contributed by atoms with Crippen LogP contribution in [0.5, 0.6) is 0 Å². The van der Waals surface area contributed by atoms with Gasteiger partial charge in [0, 0.05) is 64.7 Å². The van der Waals surface area contributed by atoms with Crippen molar-refractivity contribution in [3.05, 3.63) is 0 Å². The minimum absolute atomic E-state index is 0.0274. The van der Waals surface area contributed by atoms with Crippen LogP contribution in [0.3, 0.4) is 0 Å². The predicted octanol–water partition coefficient (Wildman–Crippen LogP) is -0.0343. The van der Waals surface area contributed by atoms with Gasteiger partial charge in [0.1, 0.15) is 0 Å². The molecule has 9 nitrogen and oxygen atoms in total. The average Bonchev–Trinajstić information content (AvgIpc) is 3.15. The molecule has 0 bridgehead atoms. The third-order valence-corrected chi connectivity index (χ3v) is 6.02. The van der Waals surface area contributed by atoms with Crippen LogP contribution in [0.15, 0.2) is 0 Å². The first-order chi connectivity index (χ1) is 14.5. The summed E-state index contributed by atoms with van der Waals surface area (Å²) >= 11 is 0. The van der Waals surface area contributed by atoms with Gasteiger partial charge in [-0.1, -0.05) is 6.92 Å². The van der Waals surface area contributed by atoms with Crippen LogP contribution in [0.1, 0.15) is 45.4 Å². The van der Waals surface area contributed by atoms with Crippen LogP contribution in [0.2, 0.25) is 0 Å². The highest BCUT2D eigenvalue weighted by Gasteiger charge is 2.28. The lowest BCUT2D eigenvalue weighted by atomic mass is 10.2. The Bertz CT molecular complexity index is 552. The molecule has 2 aliphatic rings. The summed E-state index contributed by atoms with van der Waals surface area (Å²) in [5, 5.41) is 14.2. The summed E-state index contributed by atoms with van der Waals surface area (Å²) in [6.45, 7) is 11.1. The Morgan fingerprint density at radius 1 is 0.900 bits per heavy atom. The zero-order valence-electron chi connectivity index (χ0n) is 18.4. The number of carbonyl (C=O) groups is 3. The Morgan fingerprint density at radius 3 is 2.20 bits per heavy atom. The molecule has 30 heavy (non-hydrogen) atoms. The van der Waals surface area contributed by atoms with Crippen LogP contribution in [0.4, 0.5) is 0 Å². The van der Waals surface area contributed by atoms with Gasteiger partial charge in [-0.15, -0.1) is 0 Å². The molecule has 0 aromatic carbocycles. The highest BCUT2D eigenvalue weighted by Crippen LogP contribution is 2.18. The molecular formula is C21H39N5O4. The number of nitrogens with zero attached hydrogens (tertiary/aromatic N) is 3. The molecule has 2 amide bonds. The van der Waals surface area contributed by atoms with E-state index in [0.717, 1.165) is 58.7 Å². The first kappa shape index (κ1) is 24.6. The van der Waals surface area contributed by atoms with Gasteiger partial charge in [-0.05, 0) is 38.8 Å². The van der Waals surface area contributed by atoms with Crippen molar-refractivity contribution in [2.45, 2.75) is 51.5 Å². The summed E-state index contributed by atoms with van der Waals surface area (Å²) in [6.07, 6.45) is 3.72. The molecule has 1 atom stereocenters. The Balaban J connectivity index is 1.55. The molecule has 0 spiro atoms. The van der Waals surface area contributed by atoms with Gasteiger partial charge in [-0.3, -0.25) is 24.2 Å². The van der Waals surface area contributed by atoms with Gasteiger partial charge in [0.15, 0.2) is 0 Å². The van der Waals surface area contributed by atoms with Gasteiger partial charge in [-0.2, -0.15) is 0 Å². The fourth-order valence-corrected chi connectivity index (χ4v) is 4.17. The highest BCUT2D eigenvalue weighted by atomic mass is 16.4. The number of nitrogens with one attached hydrogen (secondary N) is 2. The first-order valence-electron chi connectivity index (χ1n) is 11.4. The van der Waals surface area contributed by atoms with E-state index in [1.54, 1.807) is 0 Å². The van der Waals surface area contributed by atoms with Crippen LogP contribution in [-0.4, -0.2) is 109 Å². The van der Waals surface area contributed by atoms with Crippen molar-refractivity contribution in [2.75, 3.05) is 65.4 Å². The van der Waals surface area contributed by atoms with E-state index >= 15 is 0 Å². The van der Waals surface area contributed by atoms with Crippen molar-refractivity contribution < 1.29 is 19.5 Å². The summed E-state index contributed by atoms with van der Waals surface area (Å²) < 4.78 is 0.